The van der Waals surface area contributed by atoms with E-state index in [0.29, 0.717) is 5.44 Å². The number of nitrogens with zero attached hydrogens (tertiary/aromatic N) is 1. The number of rotatable bonds is 1. The van der Waals surface area contributed by atoms with Gasteiger partial charge in [-0.2, -0.15) is 0 Å². The number of hydrogen-bond acceptors (Lipinski definition) is 3. The summed E-state index contributed by atoms with van der Waals surface area (Å²) < 4.78 is 16.0. The second kappa shape index (κ2) is 2.24. The van der Waals surface area contributed by atoms with Gasteiger partial charge in [-0.15, -0.1) is 0 Å². The molecule has 0 radical (unpaired) electrons. The van der Waals surface area contributed by atoms with E-state index in [0.717, 1.165) is 5.56 Å². The van der Waals surface area contributed by atoms with E-state index in [2.05, 4.69) is 9.68 Å². The van der Waals surface area contributed by atoms with E-state index >= 15 is 0 Å². The van der Waals surface area contributed by atoms with Crippen LogP contribution in [0.2, 0.25) is 0 Å². The van der Waals surface area contributed by atoms with Crippen LogP contribution in [0.25, 0.3) is 0 Å². The molecule has 0 saturated carbocycles. The highest BCUT2D eigenvalue weighted by Gasteiger charge is 2.17. The van der Waals surface area contributed by atoms with E-state index in [-0.39, 0.29) is 0 Å². The summed E-state index contributed by atoms with van der Waals surface area (Å²) in [7, 11) is -2.21. The maximum Gasteiger partial charge on any atom is 0.145 e. The van der Waals surface area contributed by atoms with Crippen LogP contribution < -0.4 is 5.44 Å². The van der Waals surface area contributed by atoms with Crippen LogP contribution in [0.4, 0.5) is 0 Å². The van der Waals surface area contributed by atoms with E-state index in [1.807, 2.05) is 6.92 Å². The first-order valence-corrected chi connectivity index (χ1v) is 5.58. The van der Waals surface area contributed by atoms with Gasteiger partial charge < -0.3 is 9.09 Å². The molecule has 0 N–H and O–H groups in total. The van der Waals surface area contributed by atoms with Crippen LogP contribution in [0.3, 0.4) is 0 Å². The van der Waals surface area contributed by atoms with Crippen molar-refractivity contribution in [2.24, 2.45) is 0 Å². The summed E-state index contributed by atoms with van der Waals surface area (Å²) in [5.74, 6) is 0. The van der Waals surface area contributed by atoms with Gasteiger partial charge in [0.25, 0.3) is 0 Å². The topological polar surface area (TPSA) is 43.1 Å². The molecule has 0 fully saturated rings. The normalized spacial score (nSPS) is 11.9. The molecule has 0 spiro atoms. The third-order valence-corrected chi connectivity index (χ3v) is 2.69. The standard InChI is InChI=1S/C6H10NO2P/c1-5-4-9-7-6(5)10(2,3)8/h4H,1-3H3. The van der Waals surface area contributed by atoms with Gasteiger partial charge in [0.1, 0.15) is 18.8 Å². The Hall–Kier alpha value is -0.560. The molecule has 0 amide bonds. The molecule has 4 heteroatoms. The van der Waals surface area contributed by atoms with Crippen molar-refractivity contribution < 1.29 is 9.09 Å². The van der Waals surface area contributed by atoms with Crippen molar-refractivity contribution >= 4 is 12.6 Å². The lowest BCUT2D eigenvalue weighted by Gasteiger charge is -1.99. The van der Waals surface area contributed by atoms with E-state index in [4.69, 9.17) is 0 Å². The zero-order valence-corrected chi connectivity index (χ0v) is 7.18. The second-order valence-electron chi connectivity index (χ2n) is 2.67. The van der Waals surface area contributed by atoms with Gasteiger partial charge in [0.2, 0.25) is 0 Å². The highest BCUT2D eigenvalue weighted by molar-refractivity contribution is 7.69. The average molecular weight is 159 g/mol. The van der Waals surface area contributed by atoms with Crippen LogP contribution in [-0.2, 0) is 4.57 Å². The molecule has 1 rings (SSSR count). The minimum absolute atomic E-state index is 0.604. The molecule has 0 bridgehead atoms. The summed E-state index contributed by atoms with van der Waals surface area (Å²) in [6, 6.07) is 0. The van der Waals surface area contributed by atoms with E-state index in [1.54, 1.807) is 13.3 Å². The molecule has 0 aliphatic rings. The summed E-state index contributed by atoms with van der Waals surface area (Å²) in [5, 5.41) is 3.65. The molecule has 0 aliphatic heterocycles. The molecular formula is C6H10NO2P. The maximum atomic E-state index is 11.4. The predicted octanol–water partition coefficient (Wildman–Crippen LogP) is 1.23. The number of aromatic nitrogens is 1. The third-order valence-electron chi connectivity index (χ3n) is 1.23. The van der Waals surface area contributed by atoms with Gasteiger partial charge in [-0.1, -0.05) is 5.16 Å². The minimum atomic E-state index is -2.21. The maximum absolute atomic E-state index is 11.4. The summed E-state index contributed by atoms with van der Waals surface area (Å²) in [6.07, 6.45) is 1.51. The van der Waals surface area contributed by atoms with Crippen molar-refractivity contribution in [1.82, 2.24) is 5.16 Å². The Morgan fingerprint density at radius 3 is 2.40 bits per heavy atom. The lowest BCUT2D eigenvalue weighted by molar-refractivity contribution is 0.423. The zero-order chi connectivity index (χ0) is 7.78. The molecule has 56 valence electrons. The molecule has 1 aromatic rings. The highest BCUT2D eigenvalue weighted by atomic mass is 31.2. The van der Waals surface area contributed by atoms with Gasteiger partial charge >= 0.3 is 0 Å². The number of aryl methyl sites for hydroxylation is 1. The Bertz CT molecular complexity index is 273. The van der Waals surface area contributed by atoms with Crippen molar-refractivity contribution in [2.75, 3.05) is 13.3 Å². The van der Waals surface area contributed by atoms with Gasteiger partial charge in [-0.05, 0) is 20.3 Å². The monoisotopic (exact) mass is 159 g/mol. The Morgan fingerprint density at radius 2 is 2.20 bits per heavy atom. The van der Waals surface area contributed by atoms with Crippen molar-refractivity contribution in [3.05, 3.63) is 11.8 Å². The van der Waals surface area contributed by atoms with Gasteiger partial charge in [0, 0.05) is 5.56 Å². The Balaban J connectivity index is 3.18. The van der Waals surface area contributed by atoms with Crippen LogP contribution in [0.5, 0.6) is 0 Å². The van der Waals surface area contributed by atoms with Crippen molar-refractivity contribution in [3.63, 3.8) is 0 Å². The van der Waals surface area contributed by atoms with Crippen molar-refractivity contribution in [2.45, 2.75) is 6.92 Å². The smallest absolute Gasteiger partial charge is 0.145 e. The van der Waals surface area contributed by atoms with Gasteiger partial charge in [-0.25, -0.2) is 0 Å². The van der Waals surface area contributed by atoms with Crippen LogP contribution >= 0.6 is 7.14 Å². The highest BCUT2D eigenvalue weighted by Crippen LogP contribution is 2.34. The fourth-order valence-corrected chi connectivity index (χ4v) is 1.95. The van der Waals surface area contributed by atoms with Crippen LogP contribution in [-0.4, -0.2) is 18.5 Å². The van der Waals surface area contributed by atoms with Crippen molar-refractivity contribution in [1.29, 1.82) is 0 Å². The van der Waals surface area contributed by atoms with Crippen LogP contribution in [0.1, 0.15) is 5.56 Å². The van der Waals surface area contributed by atoms with Crippen molar-refractivity contribution in [3.8, 4) is 0 Å². The first kappa shape index (κ1) is 7.55. The fraction of sp³-hybridized carbons (Fsp3) is 0.500. The molecule has 0 aromatic carbocycles. The molecule has 1 heterocycles. The van der Waals surface area contributed by atoms with Gasteiger partial charge in [0.15, 0.2) is 0 Å². The second-order valence-corrected chi connectivity index (χ2v) is 5.80. The fourth-order valence-electron chi connectivity index (χ4n) is 0.803. The van der Waals surface area contributed by atoms with Gasteiger partial charge in [-0.3, -0.25) is 0 Å². The van der Waals surface area contributed by atoms with Gasteiger partial charge in [0.05, 0.1) is 0 Å². The molecule has 1 aromatic heterocycles. The van der Waals surface area contributed by atoms with E-state index in [1.165, 1.54) is 6.26 Å². The quantitative estimate of drug-likeness (QED) is 0.579. The minimum Gasteiger partial charge on any atom is -0.364 e. The predicted molar refractivity (Wildman–Crippen MR) is 40.3 cm³/mol. The Morgan fingerprint density at radius 1 is 1.60 bits per heavy atom. The average Bonchev–Trinajstić information content (AvgIpc) is 2.11. The zero-order valence-electron chi connectivity index (χ0n) is 6.29. The Labute approximate surface area is 59.8 Å². The number of hydrogen-bond donors (Lipinski definition) is 0. The summed E-state index contributed by atoms with van der Waals surface area (Å²) in [4.78, 5) is 0. The molecule has 10 heavy (non-hydrogen) atoms. The van der Waals surface area contributed by atoms with Crippen LogP contribution in [0, 0.1) is 6.92 Å². The molecule has 0 saturated heterocycles. The summed E-state index contributed by atoms with van der Waals surface area (Å²) >= 11 is 0. The van der Waals surface area contributed by atoms with Crippen LogP contribution in [0.15, 0.2) is 10.8 Å². The first-order chi connectivity index (χ1) is 4.52. The molecular weight excluding hydrogens is 149 g/mol. The lowest BCUT2D eigenvalue weighted by atomic mass is 10.4. The molecule has 0 aliphatic carbocycles. The van der Waals surface area contributed by atoms with E-state index in [9.17, 15) is 4.57 Å². The SMILES string of the molecule is Cc1conc1P(C)(C)=O. The third kappa shape index (κ3) is 1.29. The molecule has 0 atom stereocenters. The first-order valence-electron chi connectivity index (χ1n) is 2.98. The lowest BCUT2D eigenvalue weighted by Crippen LogP contribution is -2.06. The summed E-state index contributed by atoms with van der Waals surface area (Å²) in [6.45, 7) is 5.20. The van der Waals surface area contributed by atoms with E-state index < -0.39 is 7.14 Å². The molecule has 0 unspecified atom stereocenters. The summed E-state index contributed by atoms with van der Waals surface area (Å²) in [5.41, 5.74) is 1.47. The Kier molecular flexibility index (Phi) is 1.69. The molecule has 3 nitrogen and oxygen atoms in total. The largest absolute Gasteiger partial charge is 0.364 e.